The number of allylic oxidation sites excluding steroid dienone is 1. The Balaban J connectivity index is 1.46. The van der Waals surface area contributed by atoms with Crippen molar-refractivity contribution in [2.45, 2.75) is 188 Å². The molecule has 0 bridgehead atoms. The summed E-state index contributed by atoms with van der Waals surface area (Å²) in [7, 11) is 0. The number of ether oxygens (including phenoxy) is 3. The van der Waals surface area contributed by atoms with Gasteiger partial charge in [-0.3, -0.25) is 0 Å². The summed E-state index contributed by atoms with van der Waals surface area (Å²) in [4.78, 5) is 2.79. The summed E-state index contributed by atoms with van der Waals surface area (Å²) in [5.74, 6) is 4.05. The molecule has 304 valence electrons. The predicted molar refractivity (Wildman–Crippen MR) is 220 cm³/mol. The van der Waals surface area contributed by atoms with Crippen LogP contribution in [0.1, 0.15) is 164 Å². The lowest BCUT2D eigenvalue weighted by Gasteiger charge is -2.64. The first-order chi connectivity index (χ1) is 25.2. The summed E-state index contributed by atoms with van der Waals surface area (Å²) < 4.78 is 20.4. The zero-order valence-corrected chi connectivity index (χ0v) is 35.3. The summed E-state index contributed by atoms with van der Waals surface area (Å²) >= 11 is 0. The van der Waals surface area contributed by atoms with E-state index in [1.807, 2.05) is 0 Å². The van der Waals surface area contributed by atoms with E-state index in [0.29, 0.717) is 66.5 Å². The van der Waals surface area contributed by atoms with Crippen LogP contribution in [0.2, 0.25) is 0 Å². The van der Waals surface area contributed by atoms with Gasteiger partial charge in [0, 0.05) is 25.9 Å². The van der Waals surface area contributed by atoms with Gasteiger partial charge < -0.3 is 30.6 Å². The van der Waals surface area contributed by atoms with Crippen molar-refractivity contribution in [1.29, 1.82) is 0 Å². The molecule has 12 atom stereocenters. The van der Waals surface area contributed by atoms with E-state index in [9.17, 15) is 0 Å². The van der Waals surface area contributed by atoms with Crippen LogP contribution in [0, 0.1) is 46.3 Å². The number of rotatable bonds is 26. The molecule has 4 rings (SSSR count). The molecule has 0 amide bonds. The van der Waals surface area contributed by atoms with E-state index in [0.717, 1.165) is 57.3 Å². The zero-order chi connectivity index (χ0) is 37.6. The Bertz CT molecular complexity index is 996. The zero-order valence-electron chi connectivity index (χ0n) is 35.3. The minimum Gasteiger partial charge on any atom is -0.378 e. The van der Waals surface area contributed by atoms with E-state index in [1.54, 1.807) is 0 Å². The first-order valence-corrected chi connectivity index (χ1v) is 22.8. The third kappa shape index (κ3) is 10.9. The molecule has 4 aliphatic rings. The fourth-order valence-corrected chi connectivity index (χ4v) is 12.2. The number of hydrogen-bond donors (Lipinski definition) is 2. The summed E-state index contributed by atoms with van der Waals surface area (Å²) in [5.41, 5.74) is 12.6. The van der Waals surface area contributed by atoms with Crippen molar-refractivity contribution >= 4 is 0 Å². The largest absolute Gasteiger partial charge is 0.378 e. The Morgan fingerprint density at radius 2 is 1.54 bits per heavy atom. The standard InChI is InChI=1S/C46H87N3O3/c1-8-11-15-27-49(28-16-12-9-2)36(5)35(4)19-13-14-20-37-21-22-40-44-41(34-43(46(37,40)7)52-31-18-26-48)45(6)24-23-39(50-29-10-3)32-38(45)33-42(44)51-30-17-25-47/h8,35-44H,1,9-34,47-48H2,2-7H3/t35?,36?,37?,38?,39-,40+,41+,42?,43+,44?,45?,46+/m1/s1. The van der Waals surface area contributed by atoms with Crippen LogP contribution in [-0.4, -0.2) is 75.3 Å². The topological polar surface area (TPSA) is 83.0 Å². The van der Waals surface area contributed by atoms with Crippen molar-refractivity contribution in [3.63, 3.8) is 0 Å². The molecule has 0 saturated heterocycles. The first kappa shape index (κ1) is 44.2. The lowest BCUT2D eigenvalue weighted by atomic mass is 9.43. The van der Waals surface area contributed by atoms with Crippen molar-refractivity contribution in [2.24, 2.45) is 57.8 Å². The molecule has 0 aromatic carbocycles. The Kier molecular flexibility index (Phi) is 19.0. The molecule has 4 aliphatic carbocycles. The van der Waals surface area contributed by atoms with E-state index >= 15 is 0 Å². The van der Waals surface area contributed by atoms with Crippen LogP contribution in [0.3, 0.4) is 0 Å². The highest BCUT2D eigenvalue weighted by atomic mass is 16.5. The molecule has 4 N–H and O–H groups in total. The van der Waals surface area contributed by atoms with Gasteiger partial charge in [0.15, 0.2) is 0 Å². The quantitative estimate of drug-likeness (QED) is 0.0681. The number of unbranched alkanes of at least 4 members (excludes halogenated alkanes) is 4. The summed E-state index contributed by atoms with van der Waals surface area (Å²) in [5, 5.41) is 0. The van der Waals surface area contributed by atoms with Gasteiger partial charge in [0.05, 0.1) is 18.3 Å². The van der Waals surface area contributed by atoms with Gasteiger partial charge in [0.2, 0.25) is 0 Å². The first-order valence-electron chi connectivity index (χ1n) is 22.8. The molecule has 0 aromatic heterocycles. The Hall–Kier alpha value is -0.500. The fraction of sp³-hybridized carbons (Fsp3) is 0.957. The number of nitrogens with two attached hydrogens (primary N) is 2. The molecule has 6 nitrogen and oxygen atoms in total. The normalized spacial score (nSPS) is 35.6. The molecule has 0 aliphatic heterocycles. The van der Waals surface area contributed by atoms with E-state index in [4.69, 9.17) is 25.7 Å². The molecule has 0 radical (unpaired) electrons. The van der Waals surface area contributed by atoms with Crippen LogP contribution in [0.25, 0.3) is 0 Å². The molecule has 0 aromatic rings. The number of nitrogens with zero attached hydrogens (tertiary/aromatic N) is 1. The molecular weight excluding hydrogens is 643 g/mol. The second-order valence-electron chi connectivity index (χ2n) is 18.6. The maximum atomic E-state index is 7.06. The smallest absolute Gasteiger partial charge is 0.0637 e. The maximum Gasteiger partial charge on any atom is 0.0637 e. The lowest BCUT2D eigenvalue weighted by Crippen LogP contribution is -2.63. The molecule has 7 unspecified atom stereocenters. The van der Waals surface area contributed by atoms with E-state index in [1.165, 1.54) is 109 Å². The van der Waals surface area contributed by atoms with Gasteiger partial charge in [-0.2, -0.15) is 0 Å². The van der Waals surface area contributed by atoms with Crippen molar-refractivity contribution in [3.05, 3.63) is 12.7 Å². The fourth-order valence-electron chi connectivity index (χ4n) is 12.2. The van der Waals surface area contributed by atoms with Crippen LogP contribution >= 0.6 is 0 Å². The molecular formula is C46H87N3O3. The summed E-state index contributed by atoms with van der Waals surface area (Å²) in [6, 6.07) is 0.645. The van der Waals surface area contributed by atoms with Gasteiger partial charge in [-0.05, 0) is 176 Å². The maximum absolute atomic E-state index is 7.06. The third-order valence-electron chi connectivity index (χ3n) is 15.5. The highest BCUT2D eigenvalue weighted by Crippen LogP contribution is 2.69. The lowest BCUT2D eigenvalue weighted by molar-refractivity contribution is -0.225. The van der Waals surface area contributed by atoms with E-state index < -0.39 is 0 Å². The van der Waals surface area contributed by atoms with Gasteiger partial charge >= 0.3 is 0 Å². The van der Waals surface area contributed by atoms with Crippen molar-refractivity contribution < 1.29 is 14.2 Å². The molecule has 4 fully saturated rings. The molecule has 0 spiro atoms. The number of hydrogen-bond acceptors (Lipinski definition) is 6. The minimum atomic E-state index is 0.204. The number of fused-ring (bicyclic) bond motifs is 5. The SMILES string of the molecule is C=CCCCN(CCCCC)C(C)C(C)CCCCC1CC[C@H]2C3C(OCCCN)CC4C[C@H](OCCC)CCC4(C)[C@H]3C[C@H](OCCCN)[C@@]12C. The summed E-state index contributed by atoms with van der Waals surface area (Å²) in [6.45, 7) is 25.2. The van der Waals surface area contributed by atoms with Gasteiger partial charge in [0.25, 0.3) is 0 Å². The van der Waals surface area contributed by atoms with Crippen LogP contribution < -0.4 is 11.5 Å². The average molecular weight is 730 g/mol. The van der Waals surface area contributed by atoms with Gasteiger partial charge in [0.1, 0.15) is 0 Å². The van der Waals surface area contributed by atoms with Gasteiger partial charge in [-0.1, -0.05) is 66.4 Å². The van der Waals surface area contributed by atoms with Crippen molar-refractivity contribution in [1.82, 2.24) is 4.90 Å². The Morgan fingerprint density at radius 3 is 2.25 bits per heavy atom. The van der Waals surface area contributed by atoms with Crippen LogP contribution in [-0.2, 0) is 14.2 Å². The Labute approximate surface area is 322 Å². The molecule has 4 saturated carbocycles. The highest BCUT2D eigenvalue weighted by Gasteiger charge is 2.66. The monoisotopic (exact) mass is 730 g/mol. The van der Waals surface area contributed by atoms with Gasteiger partial charge in [-0.25, -0.2) is 0 Å². The van der Waals surface area contributed by atoms with Gasteiger partial charge in [-0.15, -0.1) is 6.58 Å². The second kappa shape index (κ2) is 22.3. The predicted octanol–water partition coefficient (Wildman–Crippen LogP) is 10.2. The minimum absolute atomic E-state index is 0.204. The highest BCUT2D eigenvalue weighted by molar-refractivity contribution is 5.14. The van der Waals surface area contributed by atoms with Crippen LogP contribution in [0.4, 0.5) is 0 Å². The molecule has 52 heavy (non-hydrogen) atoms. The van der Waals surface area contributed by atoms with Crippen molar-refractivity contribution in [3.8, 4) is 0 Å². The Morgan fingerprint density at radius 1 is 0.788 bits per heavy atom. The van der Waals surface area contributed by atoms with Crippen molar-refractivity contribution in [2.75, 3.05) is 46.0 Å². The van der Waals surface area contributed by atoms with E-state index in [-0.39, 0.29) is 5.41 Å². The average Bonchev–Trinajstić information content (AvgIpc) is 3.48. The second-order valence-corrected chi connectivity index (χ2v) is 18.6. The summed E-state index contributed by atoms with van der Waals surface area (Å²) in [6.07, 6.45) is 26.6. The third-order valence-corrected chi connectivity index (χ3v) is 15.5. The molecule has 6 heteroatoms. The van der Waals surface area contributed by atoms with E-state index in [2.05, 4.69) is 59.1 Å². The molecule has 0 heterocycles. The van der Waals surface area contributed by atoms with Crippen LogP contribution in [0.15, 0.2) is 12.7 Å². The van der Waals surface area contributed by atoms with Crippen LogP contribution in [0.5, 0.6) is 0 Å².